The van der Waals surface area contributed by atoms with Crippen LogP contribution in [0, 0.1) is 0 Å². The van der Waals surface area contributed by atoms with Crippen molar-refractivity contribution in [1.29, 1.82) is 0 Å². The van der Waals surface area contributed by atoms with Crippen LogP contribution in [0.3, 0.4) is 0 Å². The van der Waals surface area contributed by atoms with Crippen molar-refractivity contribution in [3.8, 4) is 11.5 Å². The third-order valence-corrected chi connectivity index (χ3v) is 1.63. The Bertz CT molecular complexity index is 403. The van der Waals surface area contributed by atoms with Gasteiger partial charge in [-0.2, -0.15) is 0 Å². The zero-order valence-electron chi connectivity index (χ0n) is 7.76. The fraction of sp³-hybridized carbons (Fsp3) is 0. The molecule has 0 aliphatic heterocycles. The summed E-state index contributed by atoms with van der Waals surface area (Å²) in [7, 11) is 0. The topological polar surface area (TPSA) is 139 Å². The molecule has 8 heteroatoms. The molecule has 1 aromatic carbocycles. The fourth-order valence-electron chi connectivity index (χ4n) is 1.05. The molecule has 0 unspecified atom stereocenters. The summed E-state index contributed by atoms with van der Waals surface area (Å²) in [5, 5.41) is 39.1. The number of hydrogen-bond donors (Lipinski definition) is 6. The number of phenolic OH excluding ortho intramolecular Hbond substituents is 2. The summed E-state index contributed by atoms with van der Waals surface area (Å²) in [5.74, 6) is -1.02. The number of aromatic hydroxyl groups is 2. The standard InChI is InChI=1S/C8H8N2O6/c11-3-1-2-4(12)6(10-8(15)16)5(3)9-7(13)14/h1-2,9-12H,(H,13,14)(H,15,16). The van der Waals surface area contributed by atoms with Crippen molar-refractivity contribution in [2.75, 3.05) is 10.6 Å². The first kappa shape index (κ1) is 11.4. The molecule has 2 amide bonds. The van der Waals surface area contributed by atoms with Crippen LogP contribution in [0.5, 0.6) is 11.5 Å². The molecule has 0 atom stereocenters. The van der Waals surface area contributed by atoms with Gasteiger partial charge in [0.1, 0.15) is 22.9 Å². The predicted octanol–water partition coefficient (Wildman–Crippen LogP) is 1.28. The zero-order chi connectivity index (χ0) is 12.3. The molecular weight excluding hydrogens is 220 g/mol. The van der Waals surface area contributed by atoms with Gasteiger partial charge in [-0.25, -0.2) is 9.59 Å². The normalized spacial score (nSPS) is 9.50. The van der Waals surface area contributed by atoms with Gasteiger partial charge >= 0.3 is 12.2 Å². The number of carboxylic acid groups (broad SMARTS) is 2. The van der Waals surface area contributed by atoms with E-state index in [1.807, 2.05) is 0 Å². The SMILES string of the molecule is O=C(O)Nc1c(O)ccc(O)c1NC(=O)O. The lowest BCUT2D eigenvalue weighted by molar-refractivity contribution is 0.208. The number of amides is 2. The lowest BCUT2D eigenvalue weighted by Crippen LogP contribution is -2.13. The Morgan fingerprint density at radius 2 is 1.19 bits per heavy atom. The van der Waals surface area contributed by atoms with Gasteiger partial charge in [-0.3, -0.25) is 10.6 Å². The maximum absolute atomic E-state index is 10.4. The Hall–Kier alpha value is -2.64. The van der Waals surface area contributed by atoms with Crippen molar-refractivity contribution in [1.82, 2.24) is 0 Å². The maximum Gasteiger partial charge on any atom is 0.409 e. The number of carbonyl (C=O) groups is 2. The van der Waals surface area contributed by atoms with Crippen LogP contribution in [0.15, 0.2) is 12.1 Å². The quantitative estimate of drug-likeness (QED) is 0.333. The van der Waals surface area contributed by atoms with E-state index in [1.54, 1.807) is 10.6 Å². The summed E-state index contributed by atoms with van der Waals surface area (Å²) in [6, 6.07) is 2.04. The van der Waals surface area contributed by atoms with Gasteiger partial charge in [0.2, 0.25) is 0 Å². The van der Waals surface area contributed by atoms with E-state index in [9.17, 15) is 19.8 Å². The van der Waals surface area contributed by atoms with Crippen LogP contribution in [0.1, 0.15) is 0 Å². The highest BCUT2D eigenvalue weighted by Gasteiger charge is 2.16. The first-order valence-corrected chi connectivity index (χ1v) is 3.96. The predicted molar refractivity (Wildman–Crippen MR) is 53.1 cm³/mol. The molecule has 0 heterocycles. The Morgan fingerprint density at radius 1 is 0.875 bits per heavy atom. The Kier molecular flexibility index (Phi) is 3.04. The third-order valence-electron chi connectivity index (χ3n) is 1.63. The molecule has 16 heavy (non-hydrogen) atoms. The highest BCUT2D eigenvalue weighted by atomic mass is 16.4. The minimum absolute atomic E-state index is 0.435. The van der Waals surface area contributed by atoms with Crippen molar-refractivity contribution < 1.29 is 30.0 Å². The van der Waals surface area contributed by atoms with E-state index < -0.39 is 35.1 Å². The van der Waals surface area contributed by atoms with Gasteiger partial charge < -0.3 is 20.4 Å². The van der Waals surface area contributed by atoms with Crippen LogP contribution in [0.4, 0.5) is 21.0 Å². The highest BCUT2D eigenvalue weighted by Crippen LogP contribution is 2.38. The van der Waals surface area contributed by atoms with E-state index in [0.29, 0.717) is 0 Å². The Morgan fingerprint density at radius 3 is 1.44 bits per heavy atom. The molecule has 0 aliphatic carbocycles. The highest BCUT2D eigenvalue weighted by molar-refractivity contribution is 5.98. The zero-order valence-corrected chi connectivity index (χ0v) is 7.76. The third kappa shape index (κ3) is 2.44. The second kappa shape index (κ2) is 4.26. The minimum atomic E-state index is -1.51. The second-order valence-electron chi connectivity index (χ2n) is 2.71. The van der Waals surface area contributed by atoms with Crippen LogP contribution in [0.25, 0.3) is 0 Å². The molecule has 6 N–H and O–H groups in total. The molecule has 0 saturated carbocycles. The molecule has 1 rings (SSSR count). The molecule has 86 valence electrons. The molecule has 0 bridgehead atoms. The molecule has 1 aromatic rings. The maximum atomic E-state index is 10.4. The number of nitrogens with one attached hydrogen (secondary N) is 2. The van der Waals surface area contributed by atoms with Gasteiger partial charge in [-0.1, -0.05) is 0 Å². The molecular formula is C8H8N2O6. The summed E-state index contributed by atoms with van der Waals surface area (Å²) >= 11 is 0. The van der Waals surface area contributed by atoms with Crippen molar-refractivity contribution in [3.63, 3.8) is 0 Å². The molecule has 0 fully saturated rings. The van der Waals surface area contributed by atoms with Gasteiger partial charge in [0.05, 0.1) is 0 Å². The average molecular weight is 228 g/mol. The first-order chi connectivity index (χ1) is 7.41. The monoisotopic (exact) mass is 228 g/mol. The van der Waals surface area contributed by atoms with E-state index in [2.05, 4.69) is 0 Å². The molecule has 0 aliphatic rings. The van der Waals surface area contributed by atoms with Crippen LogP contribution in [-0.4, -0.2) is 32.6 Å². The molecule has 0 radical (unpaired) electrons. The van der Waals surface area contributed by atoms with E-state index in [-0.39, 0.29) is 0 Å². The molecule has 0 aromatic heterocycles. The van der Waals surface area contributed by atoms with Gasteiger partial charge in [0.25, 0.3) is 0 Å². The summed E-state index contributed by atoms with van der Waals surface area (Å²) in [5.41, 5.74) is -0.871. The Balaban J connectivity index is 3.24. The van der Waals surface area contributed by atoms with Crippen molar-refractivity contribution in [2.24, 2.45) is 0 Å². The van der Waals surface area contributed by atoms with Crippen LogP contribution < -0.4 is 10.6 Å². The summed E-state index contributed by atoms with van der Waals surface area (Å²) < 4.78 is 0. The largest absolute Gasteiger partial charge is 0.506 e. The number of rotatable bonds is 2. The van der Waals surface area contributed by atoms with E-state index in [0.717, 1.165) is 12.1 Å². The minimum Gasteiger partial charge on any atom is -0.506 e. The number of phenols is 2. The molecule has 0 spiro atoms. The lowest BCUT2D eigenvalue weighted by atomic mass is 10.2. The van der Waals surface area contributed by atoms with Crippen LogP contribution in [-0.2, 0) is 0 Å². The number of anilines is 2. The van der Waals surface area contributed by atoms with Crippen LogP contribution in [0.2, 0.25) is 0 Å². The fourth-order valence-corrected chi connectivity index (χ4v) is 1.05. The van der Waals surface area contributed by atoms with E-state index >= 15 is 0 Å². The number of hydrogen-bond acceptors (Lipinski definition) is 4. The second-order valence-corrected chi connectivity index (χ2v) is 2.71. The summed E-state index contributed by atoms with van der Waals surface area (Å²) in [4.78, 5) is 20.8. The molecule has 8 nitrogen and oxygen atoms in total. The van der Waals surface area contributed by atoms with Gasteiger partial charge in [-0.05, 0) is 12.1 Å². The first-order valence-electron chi connectivity index (χ1n) is 3.96. The van der Waals surface area contributed by atoms with Crippen molar-refractivity contribution >= 4 is 23.6 Å². The van der Waals surface area contributed by atoms with Gasteiger partial charge in [0.15, 0.2) is 0 Å². The van der Waals surface area contributed by atoms with E-state index in [1.165, 1.54) is 0 Å². The number of benzene rings is 1. The lowest BCUT2D eigenvalue weighted by Gasteiger charge is -2.11. The van der Waals surface area contributed by atoms with E-state index in [4.69, 9.17) is 10.2 Å². The average Bonchev–Trinajstić information content (AvgIpc) is 2.16. The summed E-state index contributed by atoms with van der Waals surface area (Å²) in [6.45, 7) is 0. The Labute approximate surface area is 88.8 Å². The van der Waals surface area contributed by atoms with Crippen molar-refractivity contribution in [2.45, 2.75) is 0 Å². The van der Waals surface area contributed by atoms with Crippen LogP contribution >= 0.6 is 0 Å². The molecule has 0 saturated heterocycles. The van der Waals surface area contributed by atoms with Gasteiger partial charge in [-0.15, -0.1) is 0 Å². The van der Waals surface area contributed by atoms with Crippen molar-refractivity contribution in [3.05, 3.63) is 12.1 Å². The smallest absolute Gasteiger partial charge is 0.409 e. The van der Waals surface area contributed by atoms with Gasteiger partial charge in [0, 0.05) is 0 Å². The summed E-state index contributed by atoms with van der Waals surface area (Å²) in [6.07, 6.45) is -3.01.